The number of carbonyl (C=O) groups excluding carboxylic acids is 1. The summed E-state index contributed by atoms with van der Waals surface area (Å²) in [4.78, 5) is 26.7. The van der Waals surface area contributed by atoms with Gasteiger partial charge in [-0.2, -0.15) is 5.10 Å². The quantitative estimate of drug-likeness (QED) is 0.884. The Hall–Kier alpha value is -2.63. The van der Waals surface area contributed by atoms with Crippen molar-refractivity contribution >= 4 is 11.9 Å². The highest BCUT2D eigenvalue weighted by atomic mass is 16.4. The number of nitrogens with zero attached hydrogens (tertiary/aromatic N) is 3. The summed E-state index contributed by atoms with van der Waals surface area (Å²) in [5.74, 6) is -0.337. The maximum absolute atomic E-state index is 13.3. The number of rotatable bonds is 5. The number of carbonyl (C=O) groups is 2. The van der Waals surface area contributed by atoms with Gasteiger partial charge in [-0.25, -0.2) is 4.68 Å². The maximum atomic E-state index is 13.3. The Labute approximate surface area is 157 Å². The Morgan fingerprint density at radius 2 is 1.78 bits per heavy atom. The molecule has 5 rings (SSSR count). The van der Waals surface area contributed by atoms with E-state index in [0.29, 0.717) is 30.5 Å². The molecular weight excluding hydrogens is 342 g/mol. The van der Waals surface area contributed by atoms with Gasteiger partial charge in [0.05, 0.1) is 29.1 Å². The van der Waals surface area contributed by atoms with E-state index in [1.54, 1.807) is 11.1 Å². The van der Waals surface area contributed by atoms with Gasteiger partial charge in [-0.15, -0.1) is 0 Å². The molecule has 140 valence electrons. The molecule has 2 aliphatic carbocycles. The third kappa shape index (κ3) is 2.93. The van der Waals surface area contributed by atoms with Crippen molar-refractivity contribution in [2.24, 2.45) is 17.8 Å². The molecule has 27 heavy (non-hydrogen) atoms. The predicted molar refractivity (Wildman–Crippen MR) is 98.8 cm³/mol. The molecule has 1 N–H and O–H groups in total. The van der Waals surface area contributed by atoms with Crippen LogP contribution in [0.15, 0.2) is 36.5 Å². The molecule has 3 aliphatic rings. The molecule has 1 aliphatic heterocycles. The highest BCUT2D eigenvalue weighted by Crippen LogP contribution is 2.46. The molecule has 3 fully saturated rings. The molecule has 2 heterocycles. The van der Waals surface area contributed by atoms with Crippen molar-refractivity contribution in [2.45, 2.75) is 31.6 Å². The SMILES string of the molecule is O=C(O)[C@H]1CN(C(=O)c2cnn(-c3ccccc3)c2C2CC2)C[C@@H]1C1CC1. The molecule has 0 unspecified atom stereocenters. The number of likely N-dealkylation sites (tertiary alicyclic amines) is 1. The van der Waals surface area contributed by atoms with E-state index in [2.05, 4.69) is 5.10 Å². The van der Waals surface area contributed by atoms with Crippen LogP contribution in [0.25, 0.3) is 5.69 Å². The van der Waals surface area contributed by atoms with Crippen molar-refractivity contribution < 1.29 is 14.7 Å². The third-order valence-electron chi connectivity index (χ3n) is 6.20. The van der Waals surface area contributed by atoms with E-state index < -0.39 is 11.9 Å². The summed E-state index contributed by atoms with van der Waals surface area (Å²) in [6.07, 6.45) is 6.00. The van der Waals surface area contributed by atoms with E-state index in [1.807, 2.05) is 35.0 Å². The first-order valence-corrected chi connectivity index (χ1v) is 9.79. The Bertz CT molecular complexity index is 883. The highest BCUT2D eigenvalue weighted by Gasteiger charge is 2.47. The topological polar surface area (TPSA) is 75.4 Å². The zero-order valence-corrected chi connectivity index (χ0v) is 15.1. The normalized spacial score (nSPS) is 25.0. The first-order chi connectivity index (χ1) is 13.1. The molecule has 6 nitrogen and oxygen atoms in total. The van der Waals surface area contributed by atoms with Gasteiger partial charge in [0.2, 0.25) is 0 Å². The zero-order valence-electron chi connectivity index (χ0n) is 15.1. The van der Waals surface area contributed by atoms with Crippen LogP contribution in [-0.2, 0) is 4.79 Å². The van der Waals surface area contributed by atoms with Gasteiger partial charge in [0.15, 0.2) is 0 Å². The van der Waals surface area contributed by atoms with Gasteiger partial charge in [-0.1, -0.05) is 18.2 Å². The van der Waals surface area contributed by atoms with Crippen molar-refractivity contribution in [2.75, 3.05) is 13.1 Å². The van der Waals surface area contributed by atoms with Crippen LogP contribution in [0.1, 0.15) is 47.7 Å². The van der Waals surface area contributed by atoms with Gasteiger partial charge in [0, 0.05) is 19.0 Å². The molecule has 6 heteroatoms. The molecule has 0 bridgehead atoms. The number of para-hydroxylation sites is 1. The van der Waals surface area contributed by atoms with Crippen molar-refractivity contribution in [3.05, 3.63) is 47.8 Å². The van der Waals surface area contributed by atoms with Crippen LogP contribution < -0.4 is 0 Å². The highest BCUT2D eigenvalue weighted by molar-refractivity contribution is 5.96. The van der Waals surface area contributed by atoms with E-state index >= 15 is 0 Å². The van der Waals surface area contributed by atoms with Crippen LogP contribution in [0, 0.1) is 17.8 Å². The average molecular weight is 365 g/mol. The Morgan fingerprint density at radius 3 is 2.41 bits per heavy atom. The number of carboxylic acid groups (broad SMARTS) is 1. The van der Waals surface area contributed by atoms with Crippen molar-refractivity contribution in [1.29, 1.82) is 0 Å². The summed E-state index contributed by atoms with van der Waals surface area (Å²) in [6.45, 7) is 0.872. The monoisotopic (exact) mass is 365 g/mol. The lowest BCUT2D eigenvalue weighted by molar-refractivity contribution is -0.142. The molecule has 2 atom stereocenters. The van der Waals surface area contributed by atoms with Crippen molar-refractivity contribution in [3.63, 3.8) is 0 Å². The Kier molecular flexibility index (Phi) is 3.81. The fourth-order valence-corrected chi connectivity index (χ4v) is 4.48. The predicted octanol–water partition coefficient (Wildman–Crippen LogP) is 2.93. The minimum atomic E-state index is -0.774. The molecule has 1 aromatic heterocycles. The van der Waals surface area contributed by atoms with Gasteiger partial charge < -0.3 is 10.0 Å². The van der Waals surface area contributed by atoms with Crippen LogP contribution in [0.4, 0.5) is 0 Å². The van der Waals surface area contributed by atoms with Gasteiger partial charge >= 0.3 is 5.97 Å². The van der Waals surface area contributed by atoms with Gasteiger partial charge in [0.25, 0.3) is 5.91 Å². The summed E-state index contributed by atoms with van der Waals surface area (Å²) in [5, 5.41) is 14.1. The molecule has 1 amide bonds. The molecule has 1 aromatic carbocycles. The first kappa shape index (κ1) is 16.5. The van der Waals surface area contributed by atoms with Crippen LogP contribution in [0.5, 0.6) is 0 Å². The number of hydrogen-bond donors (Lipinski definition) is 1. The fraction of sp³-hybridized carbons (Fsp3) is 0.476. The summed E-state index contributed by atoms with van der Waals surface area (Å²) in [5.41, 5.74) is 2.58. The first-order valence-electron chi connectivity index (χ1n) is 9.79. The van der Waals surface area contributed by atoms with Gasteiger partial charge in [-0.3, -0.25) is 9.59 Å². The summed E-state index contributed by atoms with van der Waals surface area (Å²) in [7, 11) is 0. The van der Waals surface area contributed by atoms with Crippen LogP contribution in [0.2, 0.25) is 0 Å². The summed E-state index contributed by atoms with van der Waals surface area (Å²) >= 11 is 0. The molecular formula is C21H23N3O3. The summed E-state index contributed by atoms with van der Waals surface area (Å²) in [6, 6.07) is 9.88. The standard InChI is InChI=1S/C21H23N3O3/c25-20(23-11-17(13-6-7-13)18(12-23)21(26)27)16-10-22-24(19(16)14-8-9-14)15-4-2-1-3-5-15/h1-5,10,13-14,17-18H,6-9,11-12H2,(H,26,27)/t17-,18+/m1/s1. The lowest BCUT2D eigenvalue weighted by Crippen LogP contribution is -2.30. The second kappa shape index (κ2) is 6.22. The van der Waals surface area contributed by atoms with Crippen LogP contribution in [-0.4, -0.2) is 44.8 Å². The van der Waals surface area contributed by atoms with E-state index in [1.165, 1.54) is 0 Å². The molecule has 0 radical (unpaired) electrons. The number of aromatic nitrogens is 2. The van der Waals surface area contributed by atoms with E-state index in [0.717, 1.165) is 37.1 Å². The van der Waals surface area contributed by atoms with Crippen molar-refractivity contribution in [1.82, 2.24) is 14.7 Å². The largest absolute Gasteiger partial charge is 0.481 e. The fourth-order valence-electron chi connectivity index (χ4n) is 4.48. The molecule has 2 saturated carbocycles. The van der Waals surface area contributed by atoms with Crippen LogP contribution >= 0.6 is 0 Å². The molecule has 2 aromatic rings. The minimum Gasteiger partial charge on any atom is -0.481 e. The lowest BCUT2D eigenvalue weighted by Gasteiger charge is -2.17. The average Bonchev–Trinajstić information content (AvgIpc) is 3.62. The second-order valence-corrected chi connectivity index (χ2v) is 8.12. The van der Waals surface area contributed by atoms with Crippen LogP contribution in [0.3, 0.4) is 0 Å². The number of benzene rings is 1. The van der Waals surface area contributed by atoms with E-state index in [9.17, 15) is 14.7 Å². The third-order valence-corrected chi connectivity index (χ3v) is 6.20. The minimum absolute atomic E-state index is 0.0616. The second-order valence-electron chi connectivity index (χ2n) is 8.12. The number of hydrogen-bond acceptors (Lipinski definition) is 3. The van der Waals surface area contributed by atoms with Crippen molar-refractivity contribution in [3.8, 4) is 5.69 Å². The number of amides is 1. The van der Waals surface area contributed by atoms with E-state index in [4.69, 9.17) is 0 Å². The van der Waals surface area contributed by atoms with E-state index in [-0.39, 0.29) is 11.8 Å². The number of aliphatic carboxylic acids is 1. The Balaban J connectivity index is 1.46. The van der Waals surface area contributed by atoms with Gasteiger partial charge in [0.1, 0.15) is 0 Å². The lowest BCUT2D eigenvalue weighted by atomic mass is 9.92. The zero-order chi connectivity index (χ0) is 18.5. The molecule has 0 spiro atoms. The van der Waals surface area contributed by atoms with Gasteiger partial charge in [-0.05, 0) is 49.7 Å². The summed E-state index contributed by atoms with van der Waals surface area (Å²) < 4.78 is 1.88. The Morgan fingerprint density at radius 1 is 1.04 bits per heavy atom. The molecule has 1 saturated heterocycles. The maximum Gasteiger partial charge on any atom is 0.308 e. The smallest absolute Gasteiger partial charge is 0.308 e. The number of carboxylic acids is 1.